The molecule has 5 heteroatoms. The molecule has 0 unspecified atom stereocenters. The highest BCUT2D eigenvalue weighted by Gasteiger charge is 2.16. The summed E-state index contributed by atoms with van der Waals surface area (Å²) >= 11 is 7.89. The molecular formula is C20H19ClN2OS. The lowest BCUT2D eigenvalue weighted by Gasteiger charge is -2.23. The molecule has 0 saturated heterocycles. The molecule has 0 aliphatic heterocycles. The van der Waals surface area contributed by atoms with Crippen molar-refractivity contribution < 1.29 is 4.79 Å². The quantitative estimate of drug-likeness (QED) is 0.608. The van der Waals surface area contributed by atoms with Gasteiger partial charge in [0.2, 0.25) is 5.91 Å². The fourth-order valence-electron chi connectivity index (χ4n) is 2.59. The highest BCUT2D eigenvalue weighted by atomic mass is 35.5. The van der Waals surface area contributed by atoms with Gasteiger partial charge >= 0.3 is 0 Å². The van der Waals surface area contributed by atoms with E-state index in [0.29, 0.717) is 24.5 Å². The van der Waals surface area contributed by atoms with Crippen molar-refractivity contribution in [1.82, 2.24) is 9.88 Å². The first kappa shape index (κ1) is 17.6. The number of carbonyl (C=O) groups is 1. The number of pyridine rings is 1. The van der Waals surface area contributed by atoms with E-state index >= 15 is 0 Å². The van der Waals surface area contributed by atoms with Gasteiger partial charge in [-0.15, -0.1) is 11.3 Å². The largest absolute Gasteiger partial charge is 0.338 e. The summed E-state index contributed by atoms with van der Waals surface area (Å²) in [4.78, 5) is 20.1. The third-order valence-electron chi connectivity index (χ3n) is 3.94. The molecule has 0 fully saturated rings. The number of benzene rings is 1. The van der Waals surface area contributed by atoms with Crippen LogP contribution in [-0.2, 0) is 24.2 Å². The molecule has 0 saturated carbocycles. The van der Waals surface area contributed by atoms with Gasteiger partial charge in [0.15, 0.2) is 0 Å². The Morgan fingerprint density at radius 3 is 2.64 bits per heavy atom. The number of carbonyl (C=O) groups excluding carboxylic acids is 1. The molecular weight excluding hydrogens is 352 g/mol. The Labute approximate surface area is 156 Å². The van der Waals surface area contributed by atoms with Gasteiger partial charge in [0.25, 0.3) is 0 Å². The third kappa shape index (κ3) is 5.15. The summed E-state index contributed by atoms with van der Waals surface area (Å²) in [6.45, 7) is 1.13. The van der Waals surface area contributed by atoms with E-state index in [9.17, 15) is 4.79 Å². The Morgan fingerprint density at radius 2 is 1.92 bits per heavy atom. The number of rotatable bonds is 7. The van der Waals surface area contributed by atoms with Crippen molar-refractivity contribution >= 4 is 28.8 Å². The lowest BCUT2D eigenvalue weighted by atomic mass is 10.1. The average Bonchev–Trinajstić information content (AvgIpc) is 3.14. The molecule has 1 amide bonds. The maximum atomic E-state index is 12.8. The number of amides is 1. The first-order chi connectivity index (χ1) is 12.2. The van der Waals surface area contributed by atoms with Gasteiger partial charge in [-0.2, -0.15) is 0 Å². The summed E-state index contributed by atoms with van der Waals surface area (Å²) in [5, 5.41) is 2.68. The number of thiophene rings is 1. The Bertz CT molecular complexity index is 806. The van der Waals surface area contributed by atoms with Crippen LogP contribution >= 0.6 is 22.9 Å². The highest BCUT2D eigenvalue weighted by Crippen LogP contribution is 2.19. The Balaban J connectivity index is 1.72. The average molecular weight is 371 g/mol. The van der Waals surface area contributed by atoms with E-state index in [4.69, 9.17) is 11.6 Å². The van der Waals surface area contributed by atoms with Crippen LogP contribution in [0.15, 0.2) is 66.2 Å². The normalized spacial score (nSPS) is 10.6. The molecule has 0 aliphatic carbocycles. The fraction of sp³-hybridized carbons (Fsp3) is 0.200. The second-order valence-corrected chi connectivity index (χ2v) is 7.17. The molecule has 2 aromatic heterocycles. The van der Waals surface area contributed by atoms with E-state index in [2.05, 4.69) is 4.98 Å². The minimum absolute atomic E-state index is 0.110. The molecule has 3 aromatic rings. The minimum Gasteiger partial charge on any atom is -0.338 e. The maximum absolute atomic E-state index is 12.8. The van der Waals surface area contributed by atoms with E-state index < -0.39 is 0 Å². The summed E-state index contributed by atoms with van der Waals surface area (Å²) in [5.41, 5.74) is 1.94. The maximum Gasteiger partial charge on any atom is 0.228 e. The molecule has 2 heterocycles. The zero-order valence-corrected chi connectivity index (χ0v) is 15.3. The molecule has 0 bridgehead atoms. The predicted octanol–water partition coefficient (Wildman–Crippen LogP) is 4.61. The summed E-state index contributed by atoms with van der Waals surface area (Å²) in [6, 6.07) is 17.5. The lowest BCUT2D eigenvalue weighted by molar-refractivity contribution is -0.131. The molecule has 0 radical (unpaired) electrons. The van der Waals surface area contributed by atoms with Crippen molar-refractivity contribution in [2.24, 2.45) is 0 Å². The van der Waals surface area contributed by atoms with Gasteiger partial charge in [-0.1, -0.05) is 41.9 Å². The molecule has 0 atom stereocenters. The molecule has 3 nitrogen and oxygen atoms in total. The van der Waals surface area contributed by atoms with Gasteiger partial charge in [-0.3, -0.25) is 9.78 Å². The molecule has 128 valence electrons. The van der Waals surface area contributed by atoms with Crippen LogP contribution in [0.1, 0.15) is 16.1 Å². The number of hydrogen-bond donors (Lipinski definition) is 0. The van der Waals surface area contributed by atoms with E-state index in [1.807, 2.05) is 64.9 Å². The van der Waals surface area contributed by atoms with Gasteiger partial charge in [-0.25, -0.2) is 0 Å². The van der Waals surface area contributed by atoms with Crippen molar-refractivity contribution in [3.63, 3.8) is 0 Å². The fourth-order valence-corrected chi connectivity index (χ4v) is 3.49. The van der Waals surface area contributed by atoms with Crippen LogP contribution in [0.25, 0.3) is 0 Å². The summed E-state index contributed by atoms with van der Waals surface area (Å²) in [6.07, 6.45) is 2.92. The monoisotopic (exact) mass is 370 g/mol. The van der Waals surface area contributed by atoms with Gasteiger partial charge in [0, 0.05) is 41.3 Å². The second-order valence-electron chi connectivity index (χ2n) is 5.73. The zero-order valence-electron chi connectivity index (χ0n) is 13.8. The first-order valence-electron chi connectivity index (χ1n) is 8.16. The van der Waals surface area contributed by atoms with Gasteiger partial charge in [-0.05, 0) is 35.2 Å². The number of aromatic nitrogens is 1. The van der Waals surface area contributed by atoms with Crippen LogP contribution in [0.5, 0.6) is 0 Å². The smallest absolute Gasteiger partial charge is 0.228 e. The van der Waals surface area contributed by atoms with Gasteiger partial charge in [0.05, 0.1) is 6.42 Å². The Hall–Kier alpha value is -2.17. The molecule has 3 rings (SSSR count). The predicted molar refractivity (Wildman–Crippen MR) is 103 cm³/mol. The summed E-state index contributed by atoms with van der Waals surface area (Å²) in [5.74, 6) is 0.110. The zero-order chi connectivity index (χ0) is 17.5. The van der Waals surface area contributed by atoms with Crippen LogP contribution < -0.4 is 0 Å². The standard InChI is InChI=1S/C20H19ClN2OS/c21-19-9-2-1-6-16(19)15-23(12-10-17-7-3-4-11-22-17)20(24)14-18-8-5-13-25-18/h1-9,11,13H,10,12,14-15H2. The van der Waals surface area contributed by atoms with E-state index in [0.717, 1.165) is 22.6 Å². The van der Waals surface area contributed by atoms with Crippen molar-refractivity contribution in [1.29, 1.82) is 0 Å². The van der Waals surface area contributed by atoms with Crippen molar-refractivity contribution in [2.45, 2.75) is 19.4 Å². The Morgan fingerprint density at radius 1 is 1.08 bits per heavy atom. The minimum atomic E-state index is 0.110. The Kier molecular flexibility index (Phi) is 6.20. The first-order valence-corrected chi connectivity index (χ1v) is 9.41. The molecule has 0 spiro atoms. The molecule has 0 aliphatic rings. The van der Waals surface area contributed by atoms with Crippen LogP contribution in [0.4, 0.5) is 0 Å². The SMILES string of the molecule is O=C(Cc1cccs1)N(CCc1ccccn1)Cc1ccccc1Cl. The number of hydrogen-bond acceptors (Lipinski definition) is 3. The molecule has 25 heavy (non-hydrogen) atoms. The van der Waals surface area contributed by atoms with E-state index in [1.165, 1.54) is 0 Å². The van der Waals surface area contributed by atoms with Crippen LogP contribution in [-0.4, -0.2) is 22.3 Å². The highest BCUT2D eigenvalue weighted by molar-refractivity contribution is 7.10. The summed E-state index contributed by atoms with van der Waals surface area (Å²) in [7, 11) is 0. The van der Waals surface area contributed by atoms with Crippen molar-refractivity contribution in [2.75, 3.05) is 6.54 Å². The van der Waals surface area contributed by atoms with E-state index in [1.54, 1.807) is 17.5 Å². The number of halogens is 1. The second kappa shape index (κ2) is 8.79. The van der Waals surface area contributed by atoms with Gasteiger partial charge < -0.3 is 4.90 Å². The van der Waals surface area contributed by atoms with Gasteiger partial charge in [0.1, 0.15) is 0 Å². The third-order valence-corrected chi connectivity index (χ3v) is 5.19. The van der Waals surface area contributed by atoms with E-state index in [-0.39, 0.29) is 5.91 Å². The van der Waals surface area contributed by atoms with Crippen molar-refractivity contribution in [3.8, 4) is 0 Å². The number of nitrogens with zero attached hydrogens (tertiary/aromatic N) is 2. The topological polar surface area (TPSA) is 33.2 Å². The molecule has 0 N–H and O–H groups in total. The van der Waals surface area contributed by atoms with Crippen molar-refractivity contribution in [3.05, 3.63) is 87.3 Å². The van der Waals surface area contributed by atoms with Crippen LogP contribution in [0.3, 0.4) is 0 Å². The molecule has 1 aromatic carbocycles. The van der Waals surface area contributed by atoms with Crippen LogP contribution in [0, 0.1) is 0 Å². The lowest BCUT2D eigenvalue weighted by Crippen LogP contribution is -2.33. The summed E-state index contributed by atoms with van der Waals surface area (Å²) < 4.78 is 0. The van der Waals surface area contributed by atoms with Crippen LogP contribution in [0.2, 0.25) is 5.02 Å².